The molecule has 0 radical (unpaired) electrons. The lowest BCUT2D eigenvalue weighted by Gasteiger charge is -2.09. The van der Waals surface area contributed by atoms with Crippen LogP contribution in [-0.2, 0) is 14.3 Å². The van der Waals surface area contributed by atoms with Crippen LogP contribution in [0.2, 0.25) is 0 Å². The van der Waals surface area contributed by atoms with Crippen molar-refractivity contribution in [2.24, 2.45) is 0 Å². The minimum Gasteiger partial charge on any atom is -0.462 e. The van der Waals surface area contributed by atoms with E-state index in [1.54, 1.807) is 31.2 Å². The van der Waals surface area contributed by atoms with Crippen LogP contribution in [0.25, 0.3) is 28.0 Å². The van der Waals surface area contributed by atoms with Crippen LogP contribution in [0.1, 0.15) is 28.5 Å². The zero-order valence-corrected chi connectivity index (χ0v) is 17.8. The number of aryl methyl sites for hydroxylation is 1. The van der Waals surface area contributed by atoms with Crippen LogP contribution in [0.5, 0.6) is 0 Å². The van der Waals surface area contributed by atoms with Gasteiger partial charge in [-0.3, -0.25) is 9.89 Å². The number of fused-ring (bicyclic) bond motifs is 1. The number of hydrogen-bond acceptors (Lipinski definition) is 7. The number of rotatable bonds is 4. The highest BCUT2D eigenvalue weighted by Crippen LogP contribution is 2.29. The topological polar surface area (TPSA) is 134 Å². The predicted molar refractivity (Wildman–Crippen MR) is 117 cm³/mol. The summed E-state index contributed by atoms with van der Waals surface area (Å²) in [6, 6.07) is 18.2. The summed E-state index contributed by atoms with van der Waals surface area (Å²) in [5.41, 5.74) is 3.38. The number of carbonyl (C=O) groups excluding carboxylic acids is 3. The lowest BCUT2D eigenvalue weighted by atomic mass is 10.0. The SMILES string of the molecule is CCOC(=O)c1c(-c2ccc(C#N)cc2)nc2c(-c3ccccc3)c(C)[nH]n2c1=O.O=C=O. The summed E-state index contributed by atoms with van der Waals surface area (Å²) in [6.07, 6.45) is 0.250. The van der Waals surface area contributed by atoms with Crippen molar-refractivity contribution in [2.75, 3.05) is 6.61 Å². The molecular weight excluding hydrogens is 424 g/mol. The Kier molecular flexibility index (Phi) is 6.94. The fourth-order valence-corrected chi connectivity index (χ4v) is 3.43. The maximum Gasteiger partial charge on any atom is 0.373 e. The minimum atomic E-state index is -0.739. The third-order valence-corrected chi connectivity index (χ3v) is 4.79. The molecule has 2 aromatic carbocycles. The van der Waals surface area contributed by atoms with Gasteiger partial charge in [0.15, 0.2) is 11.2 Å². The van der Waals surface area contributed by atoms with Gasteiger partial charge in [0.25, 0.3) is 5.56 Å². The Morgan fingerprint density at radius 1 is 1.09 bits per heavy atom. The molecule has 4 aromatic rings. The zero-order chi connectivity index (χ0) is 24.0. The molecule has 4 rings (SSSR count). The van der Waals surface area contributed by atoms with Gasteiger partial charge in [0.2, 0.25) is 0 Å². The summed E-state index contributed by atoms with van der Waals surface area (Å²) in [7, 11) is 0. The molecule has 0 amide bonds. The van der Waals surface area contributed by atoms with Crippen molar-refractivity contribution >= 4 is 17.8 Å². The van der Waals surface area contributed by atoms with Crippen molar-refractivity contribution in [2.45, 2.75) is 13.8 Å². The number of hydrogen-bond donors (Lipinski definition) is 1. The van der Waals surface area contributed by atoms with Gasteiger partial charge in [-0.05, 0) is 31.5 Å². The summed E-state index contributed by atoms with van der Waals surface area (Å²) >= 11 is 0. The fourth-order valence-electron chi connectivity index (χ4n) is 3.43. The number of benzene rings is 2. The summed E-state index contributed by atoms with van der Waals surface area (Å²) in [5.74, 6) is -0.739. The van der Waals surface area contributed by atoms with Crippen molar-refractivity contribution in [1.29, 1.82) is 5.26 Å². The van der Waals surface area contributed by atoms with E-state index < -0.39 is 11.5 Å². The average Bonchev–Trinajstić information content (AvgIpc) is 3.16. The van der Waals surface area contributed by atoms with E-state index in [9.17, 15) is 9.59 Å². The first kappa shape index (κ1) is 22.9. The Labute approximate surface area is 187 Å². The quantitative estimate of drug-likeness (QED) is 0.480. The molecule has 0 aliphatic heterocycles. The van der Waals surface area contributed by atoms with E-state index >= 15 is 0 Å². The molecule has 0 unspecified atom stereocenters. The molecule has 2 heterocycles. The largest absolute Gasteiger partial charge is 0.462 e. The van der Waals surface area contributed by atoms with Crippen LogP contribution in [-0.4, -0.2) is 33.3 Å². The highest BCUT2D eigenvalue weighted by atomic mass is 16.5. The first-order valence-electron chi connectivity index (χ1n) is 9.84. The number of carbonyl (C=O) groups is 1. The molecule has 0 saturated carbocycles. The van der Waals surface area contributed by atoms with Crippen molar-refractivity contribution in [3.63, 3.8) is 0 Å². The second kappa shape index (κ2) is 10.0. The molecule has 0 spiro atoms. The number of ether oxygens (including phenoxy) is 1. The highest BCUT2D eigenvalue weighted by molar-refractivity contribution is 5.97. The van der Waals surface area contributed by atoms with Crippen LogP contribution >= 0.6 is 0 Å². The molecule has 0 aliphatic rings. The van der Waals surface area contributed by atoms with Crippen LogP contribution in [0.3, 0.4) is 0 Å². The molecule has 1 N–H and O–H groups in total. The smallest absolute Gasteiger partial charge is 0.373 e. The van der Waals surface area contributed by atoms with Crippen molar-refractivity contribution in [1.82, 2.24) is 14.6 Å². The second-order valence-electron chi connectivity index (χ2n) is 6.77. The van der Waals surface area contributed by atoms with Gasteiger partial charge >= 0.3 is 12.1 Å². The highest BCUT2D eigenvalue weighted by Gasteiger charge is 2.25. The molecular formula is C24H18N4O5. The van der Waals surface area contributed by atoms with E-state index in [4.69, 9.17) is 24.6 Å². The molecule has 33 heavy (non-hydrogen) atoms. The Bertz CT molecular complexity index is 1440. The van der Waals surface area contributed by atoms with E-state index in [0.717, 1.165) is 16.8 Å². The van der Waals surface area contributed by atoms with E-state index in [-0.39, 0.29) is 24.0 Å². The number of aromatic amines is 1. The van der Waals surface area contributed by atoms with E-state index in [1.165, 1.54) is 4.52 Å². The zero-order valence-electron chi connectivity index (χ0n) is 17.8. The Balaban J connectivity index is 0.000000968. The minimum absolute atomic E-state index is 0.132. The standard InChI is InChI=1S/C23H18N4O3.CO2/c1-3-30-23(29)19-20(17-11-9-15(13-24)10-12-17)25-21-18(16-7-5-4-6-8-16)14(2)26-27(21)22(19)28;2-1-3/h4-12,26H,3H2,1-2H3;. The second-order valence-corrected chi connectivity index (χ2v) is 6.77. The molecule has 0 aliphatic carbocycles. The van der Waals surface area contributed by atoms with Gasteiger partial charge in [0.05, 0.1) is 23.9 Å². The summed E-state index contributed by atoms with van der Waals surface area (Å²) in [5, 5.41) is 12.1. The van der Waals surface area contributed by atoms with E-state index in [0.29, 0.717) is 16.8 Å². The fraction of sp³-hybridized carbons (Fsp3) is 0.125. The Morgan fingerprint density at radius 3 is 2.30 bits per heavy atom. The van der Waals surface area contributed by atoms with Crippen LogP contribution < -0.4 is 5.56 Å². The average molecular weight is 442 g/mol. The molecule has 0 bridgehead atoms. The summed E-state index contributed by atoms with van der Waals surface area (Å²) in [4.78, 5) is 46.9. The number of esters is 1. The molecule has 164 valence electrons. The van der Waals surface area contributed by atoms with E-state index in [1.807, 2.05) is 37.3 Å². The van der Waals surface area contributed by atoms with Gasteiger partial charge in [0.1, 0.15) is 0 Å². The maximum absolute atomic E-state index is 13.3. The monoisotopic (exact) mass is 442 g/mol. The molecule has 9 heteroatoms. The Morgan fingerprint density at radius 2 is 1.73 bits per heavy atom. The molecule has 9 nitrogen and oxygen atoms in total. The van der Waals surface area contributed by atoms with Crippen molar-refractivity contribution in [3.05, 3.63) is 81.8 Å². The summed E-state index contributed by atoms with van der Waals surface area (Å²) < 4.78 is 6.40. The first-order chi connectivity index (χ1) is 16.0. The lowest BCUT2D eigenvalue weighted by Crippen LogP contribution is -2.26. The number of H-pyrrole nitrogens is 1. The normalized spacial score (nSPS) is 9.97. The molecule has 2 aromatic heterocycles. The Hall–Kier alpha value is -4.80. The van der Waals surface area contributed by atoms with Crippen molar-refractivity contribution < 1.29 is 19.1 Å². The van der Waals surface area contributed by atoms with Gasteiger partial charge in [-0.1, -0.05) is 42.5 Å². The molecule has 0 atom stereocenters. The number of nitrogens with one attached hydrogen (secondary N) is 1. The number of nitriles is 1. The van der Waals surface area contributed by atoms with Gasteiger partial charge in [-0.15, -0.1) is 0 Å². The third kappa shape index (κ3) is 4.46. The van der Waals surface area contributed by atoms with Gasteiger partial charge in [-0.25, -0.2) is 14.3 Å². The number of aromatic nitrogens is 3. The first-order valence-corrected chi connectivity index (χ1v) is 9.84. The summed E-state index contributed by atoms with van der Waals surface area (Å²) in [6.45, 7) is 3.66. The maximum atomic E-state index is 13.3. The van der Waals surface area contributed by atoms with Crippen LogP contribution in [0, 0.1) is 18.3 Å². The van der Waals surface area contributed by atoms with Gasteiger partial charge in [0, 0.05) is 16.8 Å². The predicted octanol–water partition coefficient (Wildman–Crippen LogP) is 3.13. The number of nitrogens with zero attached hydrogens (tertiary/aromatic N) is 3. The van der Waals surface area contributed by atoms with Crippen molar-refractivity contribution in [3.8, 4) is 28.5 Å². The lowest BCUT2D eigenvalue weighted by molar-refractivity contribution is -0.191. The van der Waals surface area contributed by atoms with Crippen LogP contribution in [0.15, 0.2) is 59.4 Å². The molecule has 0 fully saturated rings. The third-order valence-electron chi connectivity index (χ3n) is 4.79. The van der Waals surface area contributed by atoms with Gasteiger partial charge in [-0.2, -0.15) is 14.9 Å². The van der Waals surface area contributed by atoms with E-state index in [2.05, 4.69) is 11.2 Å². The van der Waals surface area contributed by atoms with Crippen LogP contribution in [0.4, 0.5) is 0 Å². The molecule has 0 saturated heterocycles. The van der Waals surface area contributed by atoms with Gasteiger partial charge < -0.3 is 4.74 Å².